The van der Waals surface area contributed by atoms with E-state index < -0.39 is 0 Å². The number of hydrogen-bond donors (Lipinski definition) is 1. The van der Waals surface area contributed by atoms with E-state index in [2.05, 4.69) is 12.2 Å². The SMILES string of the molecule is CC1CCC1NCc1csc(Cl)c1Cl. The fourth-order valence-corrected chi connectivity index (χ4v) is 2.94. The Morgan fingerprint density at radius 2 is 2.29 bits per heavy atom. The summed E-state index contributed by atoms with van der Waals surface area (Å²) in [4.78, 5) is 0. The van der Waals surface area contributed by atoms with Crippen LogP contribution in [0.15, 0.2) is 5.38 Å². The smallest absolute Gasteiger partial charge is 0.112 e. The number of rotatable bonds is 3. The van der Waals surface area contributed by atoms with Gasteiger partial charge >= 0.3 is 0 Å². The highest BCUT2D eigenvalue weighted by Gasteiger charge is 2.26. The highest BCUT2D eigenvalue weighted by Crippen LogP contribution is 2.33. The van der Waals surface area contributed by atoms with E-state index in [1.165, 1.54) is 24.2 Å². The fraction of sp³-hybridized carbons (Fsp3) is 0.600. The number of thiophene rings is 1. The minimum atomic E-state index is 0.671. The van der Waals surface area contributed by atoms with Gasteiger partial charge in [-0.25, -0.2) is 0 Å². The first kappa shape index (κ1) is 10.7. The zero-order valence-corrected chi connectivity index (χ0v) is 10.3. The van der Waals surface area contributed by atoms with Gasteiger partial charge < -0.3 is 5.32 Å². The average molecular weight is 250 g/mol. The molecule has 1 aliphatic rings. The minimum absolute atomic E-state index is 0.671. The van der Waals surface area contributed by atoms with Crippen molar-refractivity contribution in [3.63, 3.8) is 0 Å². The van der Waals surface area contributed by atoms with Crippen LogP contribution in [0.3, 0.4) is 0 Å². The van der Waals surface area contributed by atoms with Crippen LogP contribution in [0.5, 0.6) is 0 Å². The molecule has 1 nitrogen and oxygen atoms in total. The molecule has 0 aromatic carbocycles. The summed E-state index contributed by atoms with van der Waals surface area (Å²) in [5.74, 6) is 0.808. The predicted molar refractivity (Wildman–Crippen MR) is 63.4 cm³/mol. The molecule has 4 heteroatoms. The Balaban J connectivity index is 1.88. The maximum atomic E-state index is 6.03. The predicted octanol–water partition coefficient (Wildman–Crippen LogP) is 3.94. The lowest BCUT2D eigenvalue weighted by Crippen LogP contribution is -2.41. The first-order valence-corrected chi connectivity index (χ1v) is 6.47. The fourth-order valence-electron chi connectivity index (χ4n) is 1.68. The molecule has 0 bridgehead atoms. The molecule has 0 amide bonds. The minimum Gasteiger partial charge on any atom is -0.310 e. The lowest BCUT2D eigenvalue weighted by Gasteiger charge is -2.34. The molecule has 0 aliphatic heterocycles. The Labute approximate surface area is 98.4 Å². The molecule has 2 unspecified atom stereocenters. The summed E-state index contributed by atoms with van der Waals surface area (Å²) in [6.45, 7) is 3.13. The van der Waals surface area contributed by atoms with E-state index in [0.29, 0.717) is 10.4 Å². The highest BCUT2D eigenvalue weighted by atomic mass is 35.5. The molecule has 0 saturated heterocycles. The van der Waals surface area contributed by atoms with E-state index in [1.54, 1.807) is 0 Å². The maximum Gasteiger partial charge on any atom is 0.112 e. The van der Waals surface area contributed by atoms with Crippen LogP contribution >= 0.6 is 34.5 Å². The van der Waals surface area contributed by atoms with Gasteiger partial charge in [-0.3, -0.25) is 0 Å². The molecule has 0 spiro atoms. The van der Waals surface area contributed by atoms with Gasteiger partial charge in [0.05, 0.1) is 5.02 Å². The van der Waals surface area contributed by atoms with Crippen molar-refractivity contribution >= 4 is 34.5 Å². The summed E-state index contributed by atoms with van der Waals surface area (Å²) >= 11 is 13.4. The standard InChI is InChI=1S/C10H13Cl2NS/c1-6-2-3-8(6)13-4-7-5-14-10(12)9(7)11/h5-6,8,13H,2-4H2,1H3. The van der Waals surface area contributed by atoms with Gasteiger partial charge in [0.25, 0.3) is 0 Å². The topological polar surface area (TPSA) is 12.0 Å². The first-order chi connectivity index (χ1) is 6.68. The Morgan fingerprint density at radius 1 is 1.50 bits per heavy atom. The Kier molecular flexibility index (Phi) is 3.38. The van der Waals surface area contributed by atoms with Crippen molar-refractivity contribution in [3.8, 4) is 0 Å². The maximum absolute atomic E-state index is 6.03. The van der Waals surface area contributed by atoms with Gasteiger partial charge in [-0.1, -0.05) is 30.1 Å². The monoisotopic (exact) mass is 249 g/mol. The van der Waals surface area contributed by atoms with Crippen LogP contribution in [-0.2, 0) is 6.54 Å². The van der Waals surface area contributed by atoms with E-state index in [1.807, 2.05) is 5.38 Å². The van der Waals surface area contributed by atoms with Crippen molar-refractivity contribution in [2.24, 2.45) is 5.92 Å². The average Bonchev–Trinajstić information content (AvgIpc) is 2.47. The summed E-state index contributed by atoms with van der Waals surface area (Å²) in [5, 5.41) is 6.25. The summed E-state index contributed by atoms with van der Waals surface area (Å²) in [7, 11) is 0. The van der Waals surface area contributed by atoms with E-state index in [0.717, 1.165) is 23.0 Å². The second kappa shape index (κ2) is 4.40. The molecule has 1 saturated carbocycles. The third-order valence-electron chi connectivity index (χ3n) is 2.93. The highest BCUT2D eigenvalue weighted by molar-refractivity contribution is 7.15. The third kappa shape index (κ3) is 2.08. The quantitative estimate of drug-likeness (QED) is 0.856. The van der Waals surface area contributed by atoms with Crippen LogP contribution in [0.25, 0.3) is 0 Å². The normalized spacial score (nSPS) is 26.2. The van der Waals surface area contributed by atoms with Crippen molar-refractivity contribution in [2.45, 2.75) is 32.4 Å². The van der Waals surface area contributed by atoms with E-state index >= 15 is 0 Å². The van der Waals surface area contributed by atoms with Crippen molar-refractivity contribution < 1.29 is 0 Å². The molecule has 2 rings (SSSR count). The molecule has 1 heterocycles. The molecule has 1 fully saturated rings. The van der Waals surface area contributed by atoms with Gasteiger partial charge in [0.2, 0.25) is 0 Å². The van der Waals surface area contributed by atoms with Crippen LogP contribution in [0, 0.1) is 5.92 Å². The largest absolute Gasteiger partial charge is 0.310 e. The van der Waals surface area contributed by atoms with Gasteiger partial charge in [0, 0.05) is 12.6 Å². The van der Waals surface area contributed by atoms with Gasteiger partial charge in [0.15, 0.2) is 0 Å². The zero-order chi connectivity index (χ0) is 10.1. The Hall–Kier alpha value is 0.240. The molecule has 1 aromatic heterocycles. The lowest BCUT2D eigenvalue weighted by atomic mass is 9.81. The van der Waals surface area contributed by atoms with E-state index in [9.17, 15) is 0 Å². The molecule has 1 aliphatic carbocycles. The molecule has 1 N–H and O–H groups in total. The van der Waals surface area contributed by atoms with Crippen LogP contribution < -0.4 is 5.32 Å². The Morgan fingerprint density at radius 3 is 2.71 bits per heavy atom. The van der Waals surface area contributed by atoms with Crippen LogP contribution in [0.2, 0.25) is 9.36 Å². The molecule has 1 aromatic rings. The first-order valence-electron chi connectivity index (χ1n) is 4.83. The Bertz CT molecular complexity index is 324. The molecular formula is C10H13Cl2NS. The van der Waals surface area contributed by atoms with Gasteiger partial charge in [-0.05, 0) is 29.7 Å². The molecular weight excluding hydrogens is 237 g/mol. The number of hydrogen-bond acceptors (Lipinski definition) is 2. The zero-order valence-electron chi connectivity index (χ0n) is 8.02. The molecule has 14 heavy (non-hydrogen) atoms. The second-order valence-electron chi connectivity index (χ2n) is 3.89. The molecule has 78 valence electrons. The molecule has 0 radical (unpaired) electrons. The van der Waals surface area contributed by atoms with Crippen LogP contribution in [-0.4, -0.2) is 6.04 Å². The van der Waals surface area contributed by atoms with Gasteiger partial charge in [-0.15, -0.1) is 11.3 Å². The number of nitrogens with one attached hydrogen (secondary N) is 1. The summed E-state index contributed by atoms with van der Waals surface area (Å²) in [6.07, 6.45) is 2.63. The van der Waals surface area contributed by atoms with E-state index in [-0.39, 0.29) is 0 Å². The van der Waals surface area contributed by atoms with Gasteiger partial charge in [0.1, 0.15) is 4.34 Å². The third-order valence-corrected chi connectivity index (χ3v) is 4.84. The van der Waals surface area contributed by atoms with Gasteiger partial charge in [-0.2, -0.15) is 0 Å². The van der Waals surface area contributed by atoms with E-state index in [4.69, 9.17) is 23.2 Å². The summed E-state index contributed by atoms with van der Waals surface area (Å²) in [5.41, 5.74) is 1.13. The van der Waals surface area contributed by atoms with Crippen molar-refractivity contribution in [3.05, 3.63) is 20.3 Å². The number of halogens is 2. The second-order valence-corrected chi connectivity index (χ2v) is 5.75. The summed E-state index contributed by atoms with van der Waals surface area (Å²) < 4.78 is 0.699. The van der Waals surface area contributed by atoms with Crippen molar-refractivity contribution in [1.82, 2.24) is 5.32 Å². The molecule has 2 atom stereocenters. The summed E-state index contributed by atoms with van der Waals surface area (Å²) in [6, 6.07) is 0.671. The van der Waals surface area contributed by atoms with Crippen molar-refractivity contribution in [1.29, 1.82) is 0 Å². The van der Waals surface area contributed by atoms with Crippen LogP contribution in [0.1, 0.15) is 25.3 Å². The lowest BCUT2D eigenvalue weighted by molar-refractivity contribution is 0.228. The van der Waals surface area contributed by atoms with Crippen molar-refractivity contribution in [2.75, 3.05) is 0 Å². The van der Waals surface area contributed by atoms with Crippen LogP contribution in [0.4, 0.5) is 0 Å².